The van der Waals surface area contributed by atoms with E-state index in [4.69, 9.17) is 11.8 Å². The highest BCUT2D eigenvalue weighted by Crippen LogP contribution is 2.29. The third-order valence-electron chi connectivity index (χ3n) is 2.74. The Bertz CT molecular complexity index is 519. The summed E-state index contributed by atoms with van der Waals surface area (Å²) in [5, 5.41) is 13.1. The zero-order chi connectivity index (χ0) is 15.4. The van der Waals surface area contributed by atoms with Gasteiger partial charge >= 0.3 is 11.7 Å². The molecule has 1 aromatic rings. The second-order valence-electron chi connectivity index (χ2n) is 4.83. The van der Waals surface area contributed by atoms with E-state index >= 15 is 0 Å². The lowest BCUT2D eigenvalue weighted by molar-refractivity contribution is -0.137. The van der Waals surface area contributed by atoms with Crippen LogP contribution in [0.3, 0.4) is 0 Å². The Balaban J connectivity index is 2.86. The van der Waals surface area contributed by atoms with Crippen molar-refractivity contribution in [2.75, 3.05) is 0 Å². The van der Waals surface area contributed by atoms with E-state index in [2.05, 4.69) is 14.9 Å². The van der Waals surface area contributed by atoms with Crippen LogP contribution in [-0.2, 0) is 6.54 Å². The minimum atomic E-state index is -4.39. The van der Waals surface area contributed by atoms with Gasteiger partial charge in [0.2, 0.25) is 0 Å². The van der Waals surface area contributed by atoms with Crippen LogP contribution in [0.1, 0.15) is 38.4 Å². The van der Waals surface area contributed by atoms with Crippen LogP contribution in [0.15, 0.2) is 6.33 Å². The second kappa shape index (κ2) is 5.91. The fourth-order valence-corrected chi connectivity index (χ4v) is 1.55. The number of hydrogen-bond acceptors (Lipinski definition) is 3. The summed E-state index contributed by atoms with van der Waals surface area (Å²) >= 11 is 0. The largest absolute Gasteiger partial charge is 0.389 e. The van der Waals surface area contributed by atoms with Gasteiger partial charge in [-0.1, -0.05) is 13.8 Å². The van der Waals surface area contributed by atoms with E-state index in [9.17, 15) is 13.2 Å². The lowest BCUT2D eigenvalue weighted by Gasteiger charge is -2.15. The van der Waals surface area contributed by atoms with Crippen LogP contribution >= 0.6 is 0 Å². The maximum atomic E-state index is 12.3. The van der Waals surface area contributed by atoms with Crippen LogP contribution < -0.4 is 0 Å². The summed E-state index contributed by atoms with van der Waals surface area (Å²) in [7, 11) is 0. The van der Waals surface area contributed by atoms with Crippen LogP contribution in [0, 0.1) is 17.9 Å². The molecular weight excluding hydrogens is 271 g/mol. The van der Waals surface area contributed by atoms with Gasteiger partial charge in [-0.2, -0.15) is 23.5 Å². The molecule has 0 aliphatic carbocycles. The van der Waals surface area contributed by atoms with Gasteiger partial charge in [-0.05, 0) is 0 Å². The van der Waals surface area contributed by atoms with Crippen LogP contribution in [0.2, 0.25) is 0 Å². The van der Waals surface area contributed by atoms with Crippen molar-refractivity contribution in [3.8, 4) is 6.07 Å². The van der Waals surface area contributed by atoms with E-state index in [1.165, 1.54) is 11.0 Å². The second-order valence-corrected chi connectivity index (χ2v) is 4.83. The third-order valence-corrected chi connectivity index (χ3v) is 2.74. The first-order chi connectivity index (χ1) is 9.21. The Kier molecular flexibility index (Phi) is 4.72. The minimum absolute atomic E-state index is 0.0656. The van der Waals surface area contributed by atoms with Gasteiger partial charge in [0.1, 0.15) is 12.9 Å². The summed E-state index contributed by atoms with van der Waals surface area (Å²) < 4.78 is 38.0. The topological polar surface area (TPSA) is 58.9 Å². The van der Waals surface area contributed by atoms with Gasteiger partial charge in [0, 0.05) is 5.92 Å². The molecule has 0 bridgehead atoms. The molecule has 0 saturated heterocycles. The Morgan fingerprint density at radius 3 is 2.50 bits per heavy atom. The molecule has 0 saturated carbocycles. The molecule has 0 radical (unpaired) electrons. The molecule has 20 heavy (non-hydrogen) atoms. The Hall–Kier alpha value is -2.09. The lowest BCUT2D eigenvalue weighted by atomic mass is 9.96. The molecular formula is C12H14F3N5. The van der Waals surface area contributed by atoms with E-state index < -0.39 is 24.6 Å². The number of aromatic nitrogens is 3. The number of rotatable bonds is 5. The smallest absolute Gasteiger partial charge is 0.292 e. The van der Waals surface area contributed by atoms with E-state index in [-0.39, 0.29) is 12.5 Å². The number of hydrogen-bond donors (Lipinski definition) is 0. The average molecular weight is 285 g/mol. The molecule has 0 N–H and O–H groups in total. The van der Waals surface area contributed by atoms with Crippen molar-refractivity contribution < 1.29 is 13.2 Å². The molecule has 0 fully saturated rings. The summed E-state index contributed by atoms with van der Waals surface area (Å²) in [6.07, 6.45) is -4.81. The van der Waals surface area contributed by atoms with Gasteiger partial charge in [0.25, 0.3) is 0 Å². The summed E-state index contributed by atoms with van der Waals surface area (Å²) in [5.74, 6) is 0.591. The first kappa shape index (κ1) is 16.0. The Labute approximate surface area is 114 Å². The third kappa shape index (κ3) is 4.23. The molecule has 1 unspecified atom stereocenters. The molecule has 0 aliphatic heterocycles. The molecule has 108 valence electrons. The lowest BCUT2D eigenvalue weighted by Crippen LogP contribution is -2.31. The average Bonchev–Trinajstić information content (AvgIpc) is 2.82. The molecule has 1 heterocycles. The summed E-state index contributed by atoms with van der Waals surface area (Å²) in [4.78, 5) is 7.09. The highest BCUT2D eigenvalue weighted by Gasteiger charge is 2.42. The van der Waals surface area contributed by atoms with Gasteiger partial charge in [-0.3, -0.25) is 4.85 Å². The van der Waals surface area contributed by atoms with Crippen molar-refractivity contribution in [2.24, 2.45) is 0 Å². The normalized spacial score (nSPS) is 14.6. The zero-order valence-electron chi connectivity index (χ0n) is 11.1. The number of alkyl halides is 3. The molecule has 1 aromatic heterocycles. The molecule has 8 heteroatoms. The molecule has 0 spiro atoms. The SMILES string of the molecule is [C-]#[N+]C(C#N)(CCC(F)(F)F)Cn1cnc(C(C)C)n1. The summed E-state index contributed by atoms with van der Waals surface area (Å²) in [6.45, 7) is 10.6. The summed E-state index contributed by atoms with van der Waals surface area (Å²) in [5.41, 5.74) is -1.77. The Morgan fingerprint density at radius 1 is 1.45 bits per heavy atom. The monoisotopic (exact) mass is 285 g/mol. The van der Waals surface area contributed by atoms with Gasteiger partial charge in [-0.25, -0.2) is 16.2 Å². The van der Waals surface area contributed by atoms with Crippen molar-refractivity contribution in [2.45, 2.75) is 50.9 Å². The van der Waals surface area contributed by atoms with Gasteiger partial charge in [0.15, 0.2) is 11.9 Å². The van der Waals surface area contributed by atoms with Crippen LogP contribution in [-0.4, -0.2) is 26.5 Å². The van der Waals surface area contributed by atoms with E-state index in [1.54, 1.807) is 6.07 Å². The molecule has 1 rings (SSSR count). The van der Waals surface area contributed by atoms with Crippen molar-refractivity contribution in [3.05, 3.63) is 23.6 Å². The van der Waals surface area contributed by atoms with Gasteiger partial charge < -0.3 is 0 Å². The first-order valence-electron chi connectivity index (χ1n) is 5.97. The predicted molar refractivity (Wildman–Crippen MR) is 64.3 cm³/mol. The molecule has 0 aromatic carbocycles. The maximum Gasteiger partial charge on any atom is 0.389 e. The fourth-order valence-electron chi connectivity index (χ4n) is 1.55. The number of nitrogens with zero attached hydrogens (tertiary/aromatic N) is 5. The highest BCUT2D eigenvalue weighted by molar-refractivity contribution is 5.15. The van der Waals surface area contributed by atoms with Crippen molar-refractivity contribution in [3.63, 3.8) is 0 Å². The number of nitriles is 1. The molecule has 0 aliphatic rings. The maximum absolute atomic E-state index is 12.3. The van der Waals surface area contributed by atoms with E-state index in [1.807, 2.05) is 13.8 Å². The van der Waals surface area contributed by atoms with E-state index in [0.29, 0.717) is 5.82 Å². The first-order valence-corrected chi connectivity index (χ1v) is 5.97. The molecule has 1 atom stereocenters. The zero-order valence-corrected chi connectivity index (χ0v) is 11.1. The van der Waals surface area contributed by atoms with Gasteiger partial charge in [-0.15, -0.1) is 0 Å². The van der Waals surface area contributed by atoms with Crippen LogP contribution in [0.25, 0.3) is 4.85 Å². The fraction of sp³-hybridized carbons (Fsp3) is 0.667. The predicted octanol–water partition coefficient (Wildman–Crippen LogP) is 2.93. The van der Waals surface area contributed by atoms with Crippen LogP contribution in [0.4, 0.5) is 13.2 Å². The van der Waals surface area contributed by atoms with Crippen molar-refractivity contribution >= 4 is 0 Å². The number of halogens is 3. The standard InChI is InChI=1S/C12H14F3N5/c1-9(2)10-18-8-20(19-10)7-11(6-16,17-3)4-5-12(13,14)15/h8-9H,4-5,7H2,1-2H3. The minimum Gasteiger partial charge on any atom is -0.292 e. The molecule has 0 amide bonds. The quantitative estimate of drug-likeness (QED) is 0.781. The summed E-state index contributed by atoms with van der Waals surface area (Å²) in [6, 6.07) is 1.68. The van der Waals surface area contributed by atoms with Crippen molar-refractivity contribution in [1.82, 2.24) is 14.8 Å². The van der Waals surface area contributed by atoms with Crippen LogP contribution in [0.5, 0.6) is 0 Å². The Morgan fingerprint density at radius 2 is 2.10 bits per heavy atom. The highest BCUT2D eigenvalue weighted by atomic mass is 19.4. The molecule has 5 nitrogen and oxygen atoms in total. The van der Waals surface area contributed by atoms with E-state index in [0.717, 1.165) is 0 Å². The van der Waals surface area contributed by atoms with Gasteiger partial charge in [0.05, 0.1) is 12.8 Å². The van der Waals surface area contributed by atoms with Crippen molar-refractivity contribution in [1.29, 1.82) is 5.26 Å².